The molecule has 0 aromatic heterocycles. The van der Waals surface area contributed by atoms with Gasteiger partial charge in [-0.1, -0.05) is 31.4 Å². The third kappa shape index (κ3) is 5.68. The van der Waals surface area contributed by atoms with E-state index in [1.165, 1.54) is 37.7 Å². The van der Waals surface area contributed by atoms with Gasteiger partial charge in [-0.15, -0.1) is 0 Å². The van der Waals surface area contributed by atoms with Crippen LogP contribution in [0.1, 0.15) is 37.7 Å². The lowest BCUT2D eigenvalue weighted by molar-refractivity contribution is 0.192. The lowest BCUT2D eigenvalue weighted by atomic mass is 9.94. The van der Waals surface area contributed by atoms with E-state index in [1.807, 2.05) is 12.1 Å². The zero-order chi connectivity index (χ0) is 14.9. The first-order valence-corrected chi connectivity index (χ1v) is 8.33. The van der Waals surface area contributed by atoms with Gasteiger partial charge in [-0.25, -0.2) is 0 Å². The van der Waals surface area contributed by atoms with Crippen LogP contribution in [-0.2, 0) is 6.42 Å². The highest BCUT2D eigenvalue weighted by atomic mass is 16.5. The molecule has 0 unspecified atom stereocenters. The van der Waals surface area contributed by atoms with Gasteiger partial charge in [0.2, 0.25) is 0 Å². The zero-order valence-electron chi connectivity index (χ0n) is 13.6. The van der Waals surface area contributed by atoms with Crippen molar-refractivity contribution in [2.24, 2.45) is 0 Å². The molecule has 2 rings (SSSR count). The molecule has 1 aromatic rings. The normalized spacial score (nSPS) is 16.3. The Labute approximate surface area is 129 Å². The maximum absolute atomic E-state index is 5.18. The second-order valence-electron chi connectivity index (χ2n) is 6.12. The highest BCUT2D eigenvalue weighted by Crippen LogP contribution is 2.21. The minimum atomic E-state index is 0.821. The predicted octanol–water partition coefficient (Wildman–Crippen LogP) is 3.09. The number of hydrogen-bond acceptors (Lipinski definition) is 3. The number of nitrogens with one attached hydrogen (secondary N) is 1. The summed E-state index contributed by atoms with van der Waals surface area (Å²) in [6.45, 7) is 3.29. The number of benzene rings is 1. The number of likely N-dealkylation sites (N-methyl/N-ethyl adjacent to an activating group) is 1. The number of methoxy groups -OCH3 is 1. The van der Waals surface area contributed by atoms with Crippen molar-refractivity contribution in [3.63, 3.8) is 0 Å². The molecule has 0 aliphatic heterocycles. The Hall–Kier alpha value is -1.06. The van der Waals surface area contributed by atoms with E-state index >= 15 is 0 Å². The van der Waals surface area contributed by atoms with Crippen LogP contribution in [0.2, 0.25) is 0 Å². The summed E-state index contributed by atoms with van der Waals surface area (Å²) >= 11 is 0. The Morgan fingerprint density at radius 3 is 2.48 bits per heavy atom. The molecule has 0 bridgehead atoms. The molecule has 3 heteroatoms. The summed E-state index contributed by atoms with van der Waals surface area (Å²) < 4.78 is 5.18. The maximum Gasteiger partial charge on any atom is 0.118 e. The highest BCUT2D eigenvalue weighted by molar-refractivity contribution is 5.27. The Balaban J connectivity index is 1.56. The molecular weight excluding hydrogens is 260 g/mol. The van der Waals surface area contributed by atoms with E-state index in [0.717, 1.165) is 37.8 Å². The van der Waals surface area contributed by atoms with Crippen molar-refractivity contribution in [2.75, 3.05) is 33.8 Å². The number of ether oxygens (including phenoxy) is 1. The molecule has 1 aliphatic carbocycles. The average Bonchev–Trinajstić information content (AvgIpc) is 2.55. The summed E-state index contributed by atoms with van der Waals surface area (Å²) in [5.41, 5.74) is 1.36. The van der Waals surface area contributed by atoms with Gasteiger partial charge >= 0.3 is 0 Å². The number of rotatable bonds is 8. The fourth-order valence-corrected chi connectivity index (χ4v) is 3.11. The lowest BCUT2D eigenvalue weighted by Crippen LogP contribution is -2.38. The van der Waals surface area contributed by atoms with Gasteiger partial charge in [0.1, 0.15) is 5.75 Å². The minimum absolute atomic E-state index is 0.821. The second kappa shape index (κ2) is 9.06. The van der Waals surface area contributed by atoms with E-state index in [9.17, 15) is 0 Å². The Morgan fingerprint density at radius 1 is 1.10 bits per heavy atom. The van der Waals surface area contributed by atoms with Crippen molar-refractivity contribution >= 4 is 0 Å². The van der Waals surface area contributed by atoms with E-state index in [1.54, 1.807) is 7.11 Å². The van der Waals surface area contributed by atoms with Gasteiger partial charge in [0.15, 0.2) is 0 Å². The van der Waals surface area contributed by atoms with Crippen LogP contribution in [0.15, 0.2) is 24.3 Å². The molecule has 1 fully saturated rings. The summed E-state index contributed by atoms with van der Waals surface area (Å²) in [6, 6.07) is 9.18. The smallest absolute Gasteiger partial charge is 0.118 e. The average molecular weight is 290 g/mol. The number of nitrogens with zero attached hydrogens (tertiary/aromatic N) is 1. The van der Waals surface area contributed by atoms with Crippen molar-refractivity contribution in [1.29, 1.82) is 0 Å². The second-order valence-corrected chi connectivity index (χ2v) is 6.12. The third-order valence-electron chi connectivity index (χ3n) is 4.59. The zero-order valence-corrected chi connectivity index (χ0v) is 13.6. The van der Waals surface area contributed by atoms with Gasteiger partial charge in [-0.05, 0) is 50.6 Å². The molecule has 0 amide bonds. The third-order valence-corrected chi connectivity index (χ3v) is 4.59. The molecule has 1 N–H and O–H groups in total. The molecule has 0 radical (unpaired) electrons. The molecule has 1 saturated carbocycles. The molecule has 0 atom stereocenters. The molecule has 118 valence electrons. The lowest BCUT2D eigenvalue weighted by Gasteiger charge is -2.31. The first-order chi connectivity index (χ1) is 10.3. The molecule has 3 nitrogen and oxygen atoms in total. The topological polar surface area (TPSA) is 24.5 Å². The molecule has 1 aliphatic rings. The van der Waals surface area contributed by atoms with Crippen LogP contribution in [0, 0.1) is 0 Å². The number of hydrogen-bond donors (Lipinski definition) is 1. The van der Waals surface area contributed by atoms with Crippen molar-refractivity contribution < 1.29 is 4.74 Å². The molecule has 0 spiro atoms. The van der Waals surface area contributed by atoms with Crippen molar-refractivity contribution in [3.05, 3.63) is 29.8 Å². The largest absolute Gasteiger partial charge is 0.497 e. The van der Waals surface area contributed by atoms with Gasteiger partial charge in [0, 0.05) is 19.1 Å². The van der Waals surface area contributed by atoms with Crippen LogP contribution in [0.4, 0.5) is 0 Å². The van der Waals surface area contributed by atoms with Gasteiger partial charge in [-0.2, -0.15) is 0 Å². The Kier molecular flexibility index (Phi) is 7.04. The van der Waals surface area contributed by atoms with Crippen molar-refractivity contribution in [1.82, 2.24) is 10.2 Å². The van der Waals surface area contributed by atoms with Crippen LogP contribution in [-0.4, -0.2) is 44.7 Å². The monoisotopic (exact) mass is 290 g/mol. The van der Waals surface area contributed by atoms with Gasteiger partial charge in [-0.3, -0.25) is 0 Å². The summed E-state index contributed by atoms with van der Waals surface area (Å²) in [4.78, 5) is 2.54. The van der Waals surface area contributed by atoms with Crippen LogP contribution in [0.3, 0.4) is 0 Å². The van der Waals surface area contributed by atoms with Crippen molar-refractivity contribution in [2.45, 2.75) is 44.6 Å². The fraction of sp³-hybridized carbons (Fsp3) is 0.667. The van der Waals surface area contributed by atoms with Crippen LogP contribution >= 0.6 is 0 Å². The van der Waals surface area contributed by atoms with E-state index < -0.39 is 0 Å². The summed E-state index contributed by atoms with van der Waals surface area (Å²) in [5.74, 6) is 0.931. The maximum atomic E-state index is 5.18. The van der Waals surface area contributed by atoms with Gasteiger partial charge in [0.25, 0.3) is 0 Å². The standard InChI is InChI=1S/C18H30N2O/c1-20(17-6-4-3-5-7-17)15-14-19-13-12-16-8-10-18(21-2)11-9-16/h8-11,17,19H,3-7,12-15H2,1-2H3. The van der Waals surface area contributed by atoms with E-state index in [-0.39, 0.29) is 0 Å². The Bertz CT molecular complexity index is 385. The van der Waals surface area contributed by atoms with Crippen LogP contribution < -0.4 is 10.1 Å². The molecular formula is C18H30N2O. The molecule has 0 saturated heterocycles. The van der Waals surface area contributed by atoms with Crippen LogP contribution in [0.25, 0.3) is 0 Å². The molecule has 1 aromatic carbocycles. The highest BCUT2D eigenvalue weighted by Gasteiger charge is 2.16. The molecule has 21 heavy (non-hydrogen) atoms. The fourth-order valence-electron chi connectivity index (χ4n) is 3.11. The predicted molar refractivity (Wildman–Crippen MR) is 89.1 cm³/mol. The quantitative estimate of drug-likeness (QED) is 0.745. The summed E-state index contributed by atoms with van der Waals surface area (Å²) in [6.07, 6.45) is 8.13. The van der Waals surface area contributed by atoms with Gasteiger partial charge in [0.05, 0.1) is 7.11 Å². The Morgan fingerprint density at radius 2 is 1.81 bits per heavy atom. The summed E-state index contributed by atoms with van der Waals surface area (Å²) in [7, 11) is 3.99. The molecule has 0 heterocycles. The summed E-state index contributed by atoms with van der Waals surface area (Å²) in [5, 5.41) is 3.56. The van der Waals surface area contributed by atoms with Gasteiger partial charge < -0.3 is 15.0 Å². The minimum Gasteiger partial charge on any atom is -0.497 e. The SMILES string of the molecule is COc1ccc(CCNCCN(C)C2CCCCC2)cc1. The van der Waals surface area contributed by atoms with E-state index in [4.69, 9.17) is 4.74 Å². The van der Waals surface area contributed by atoms with E-state index in [0.29, 0.717) is 0 Å². The van der Waals surface area contributed by atoms with Crippen LogP contribution in [0.5, 0.6) is 5.75 Å². The first-order valence-electron chi connectivity index (χ1n) is 8.33. The van der Waals surface area contributed by atoms with Crippen molar-refractivity contribution in [3.8, 4) is 5.75 Å². The first kappa shape index (κ1) is 16.3. The van der Waals surface area contributed by atoms with E-state index in [2.05, 4.69) is 29.4 Å².